The van der Waals surface area contributed by atoms with Crippen LogP contribution in [0.1, 0.15) is 36.7 Å². The molecule has 0 radical (unpaired) electrons. The first-order valence-corrected chi connectivity index (χ1v) is 8.85. The normalized spacial score (nSPS) is 20.3. The van der Waals surface area contributed by atoms with Gasteiger partial charge in [0.2, 0.25) is 5.91 Å². The lowest BCUT2D eigenvalue weighted by Crippen LogP contribution is -2.44. The van der Waals surface area contributed by atoms with E-state index in [-0.39, 0.29) is 11.8 Å². The predicted molar refractivity (Wildman–Crippen MR) is 96.2 cm³/mol. The molecule has 1 aromatic carbocycles. The van der Waals surface area contributed by atoms with Crippen LogP contribution in [0.3, 0.4) is 0 Å². The van der Waals surface area contributed by atoms with Crippen LogP contribution in [-0.4, -0.2) is 29.8 Å². The van der Waals surface area contributed by atoms with Crippen molar-refractivity contribution in [1.82, 2.24) is 4.90 Å². The topological polar surface area (TPSA) is 62.6 Å². The third-order valence-corrected chi connectivity index (χ3v) is 4.94. The Morgan fingerprint density at radius 2 is 1.96 bits per heavy atom. The number of benzene rings is 1. The highest BCUT2D eigenvalue weighted by Gasteiger charge is 2.32. The van der Waals surface area contributed by atoms with Crippen molar-refractivity contribution < 1.29 is 14.0 Å². The van der Waals surface area contributed by atoms with E-state index in [0.29, 0.717) is 37.1 Å². The molecule has 0 spiro atoms. The van der Waals surface area contributed by atoms with Crippen LogP contribution < -0.4 is 5.32 Å². The number of piperidine rings is 1. The second-order valence-electron chi connectivity index (χ2n) is 6.56. The Morgan fingerprint density at radius 1 is 1.16 bits per heavy atom. The molecule has 2 amide bonds. The van der Waals surface area contributed by atoms with Gasteiger partial charge in [0.15, 0.2) is 5.76 Å². The quantitative estimate of drug-likeness (QED) is 0.900. The fraction of sp³-hybridized carbons (Fsp3) is 0.400. The molecule has 2 atom stereocenters. The van der Waals surface area contributed by atoms with E-state index in [0.717, 1.165) is 18.5 Å². The van der Waals surface area contributed by atoms with Gasteiger partial charge in [-0.2, -0.15) is 0 Å². The first-order chi connectivity index (χ1) is 12.2. The molecule has 3 rings (SSSR count). The summed E-state index contributed by atoms with van der Waals surface area (Å²) >= 11 is 0. The minimum absolute atomic E-state index is 0.0421. The molecule has 25 heavy (non-hydrogen) atoms. The van der Waals surface area contributed by atoms with Crippen molar-refractivity contribution >= 4 is 17.5 Å². The van der Waals surface area contributed by atoms with E-state index >= 15 is 0 Å². The van der Waals surface area contributed by atoms with Gasteiger partial charge in [-0.1, -0.05) is 31.5 Å². The third kappa shape index (κ3) is 4.29. The summed E-state index contributed by atoms with van der Waals surface area (Å²) in [7, 11) is 0. The van der Waals surface area contributed by atoms with Crippen molar-refractivity contribution in [2.45, 2.75) is 26.2 Å². The van der Waals surface area contributed by atoms with Gasteiger partial charge in [0.05, 0.1) is 6.26 Å². The van der Waals surface area contributed by atoms with E-state index in [1.54, 1.807) is 12.1 Å². The lowest BCUT2D eigenvalue weighted by molar-refractivity contribution is -0.117. The molecule has 2 aromatic rings. The van der Waals surface area contributed by atoms with Crippen LogP contribution in [0.25, 0.3) is 0 Å². The van der Waals surface area contributed by atoms with Gasteiger partial charge in [-0.25, -0.2) is 0 Å². The molecule has 1 aromatic heterocycles. The van der Waals surface area contributed by atoms with E-state index in [9.17, 15) is 9.59 Å². The Labute approximate surface area is 148 Å². The number of hydrogen-bond acceptors (Lipinski definition) is 3. The molecule has 1 fully saturated rings. The number of amides is 2. The summed E-state index contributed by atoms with van der Waals surface area (Å²) in [5.74, 6) is 0.995. The average molecular weight is 340 g/mol. The number of rotatable bonds is 5. The Balaban J connectivity index is 1.57. The maximum Gasteiger partial charge on any atom is 0.289 e. The monoisotopic (exact) mass is 340 g/mol. The lowest BCUT2D eigenvalue weighted by Gasteiger charge is -2.37. The van der Waals surface area contributed by atoms with Crippen molar-refractivity contribution in [1.29, 1.82) is 0 Å². The van der Waals surface area contributed by atoms with Gasteiger partial charge >= 0.3 is 0 Å². The number of carbonyl (C=O) groups excluding carboxylic acids is 2. The van der Waals surface area contributed by atoms with Crippen LogP contribution in [0.5, 0.6) is 0 Å². The van der Waals surface area contributed by atoms with E-state index in [2.05, 4.69) is 12.2 Å². The predicted octanol–water partition coefficient (Wildman–Crippen LogP) is 3.80. The second-order valence-corrected chi connectivity index (χ2v) is 6.56. The molecule has 132 valence electrons. The molecular weight excluding hydrogens is 316 g/mol. The molecule has 0 aliphatic carbocycles. The van der Waals surface area contributed by atoms with Gasteiger partial charge in [0, 0.05) is 25.2 Å². The van der Waals surface area contributed by atoms with Gasteiger partial charge in [-0.15, -0.1) is 0 Å². The maximum atomic E-state index is 12.4. The summed E-state index contributed by atoms with van der Waals surface area (Å²) in [5, 5.41) is 2.96. The zero-order valence-corrected chi connectivity index (χ0v) is 14.5. The third-order valence-electron chi connectivity index (χ3n) is 4.94. The number of anilines is 1. The number of likely N-dealkylation sites (tertiary alicyclic amines) is 1. The minimum Gasteiger partial charge on any atom is -0.459 e. The Morgan fingerprint density at radius 3 is 2.64 bits per heavy atom. The number of para-hydroxylation sites is 1. The number of hydrogen-bond donors (Lipinski definition) is 1. The molecule has 0 saturated carbocycles. The number of carbonyl (C=O) groups is 2. The van der Waals surface area contributed by atoms with Crippen LogP contribution in [0.15, 0.2) is 53.1 Å². The zero-order valence-electron chi connectivity index (χ0n) is 14.5. The Kier molecular flexibility index (Phi) is 5.53. The number of furan rings is 1. The zero-order chi connectivity index (χ0) is 17.6. The fourth-order valence-corrected chi connectivity index (χ4v) is 3.52. The van der Waals surface area contributed by atoms with E-state index in [1.165, 1.54) is 6.26 Å². The van der Waals surface area contributed by atoms with Gasteiger partial charge in [0.25, 0.3) is 5.91 Å². The number of nitrogens with zero attached hydrogens (tertiary/aromatic N) is 1. The van der Waals surface area contributed by atoms with Crippen molar-refractivity contribution in [3.8, 4) is 0 Å². The van der Waals surface area contributed by atoms with Crippen LogP contribution in [0, 0.1) is 11.8 Å². The molecule has 0 bridgehead atoms. The molecular formula is C20H24N2O3. The van der Waals surface area contributed by atoms with Crippen molar-refractivity contribution in [2.24, 2.45) is 11.8 Å². The van der Waals surface area contributed by atoms with Crippen LogP contribution in [-0.2, 0) is 4.79 Å². The Hall–Kier alpha value is -2.56. The minimum atomic E-state index is -0.0596. The smallest absolute Gasteiger partial charge is 0.289 e. The largest absolute Gasteiger partial charge is 0.459 e. The Bertz CT molecular complexity index is 697. The molecule has 5 nitrogen and oxygen atoms in total. The first kappa shape index (κ1) is 17.3. The van der Waals surface area contributed by atoms with Crippen molar-refractivity contribution in [3.63, 3.8) is 0 Å². The second kappa shape index (κ2) is 8.01. The summed E-state index contributed by atoms with van der Waals surface area (Å²) in [4.78, 5) is 26.6. The number of nitrogens with one attached hydrogen (secondary N) is 1. The molecule has 1 aliphatic rings. The highest BCUT2D eigenvalue weighted by atomic mass is 16.3. The van der Waals surface area contributed by atoms with Gasteiger partial charge < -0.3 is 14.6 Å². The molecule has 1 aliphatic heterocycles. The average Bonchev–Trinajstić information content (AvgIpc) is 3.17. The maximum absolute atomic E-state index is 12.4. The molecule has 1 N–H and O–H groups in total. The standard InChI is InChI=1S/C20H24N2O3/c1-2-15-14-22(20(24)18-9-6-12-25-18)11-10-16(15)13-19(23)21-17-7-4-3-5-8-17/h3-9,12,15-16H,2,10-11,13-14H2,1H3,(H,21,23)/t15-,16+/m1/s1. The summed E-state index contributed by atoms with van der Waals surface area (Å²) in [6, 6.07) is 12.9. The highest BCUT2D eigenvalue weighted by Crippen LogP contribution is 2.30. The van der Waals surface area contributed by atoms with Crippen LogP contribution in [0.2, 0.25) is 0 Å². The SMILES string of the molecule is CC[C@@H]1CN(C(=O)c2ccco2)CC[C@H]1CC(=O)Nc1ccccc1. The van der Waals surface area contributed by atoms with Gasteiger partial charge in [-0.05, 0) is 42.5 Å². The summed E-state index contributed by atoms with van der Waals surface area (Å²) < 4.78 is 5.22. The molecule has 5 heteroatoms. The van der Waals surface area contributed by atoms with E-state index < -0.39 is 0 Å². The van der Waals surface area contributed by atoms with Crippen molar-refractivity contribution in [3.05, 3.63) is 54.5 Å². The lowest BCUT2D eigenvalue weighted by atomic mass is 9.81. The molecule has 2 heterocycles. The van der Waals surface area contributed by atoms with Crippen LogP contribution >= 0.6 is 0 Å². The molecule has 0 unspecified atom stereocenters. The first-order valence-electron chi connectivity index (χ1n) is 8.85. The highest BCUT2D eigenvalue weighted by molar-refractivity contribution is 5.92. The van der Waals surface area contributed by atoms with E-state index in [4.69, 9.17) is 4.42 Å². The summed E-state index contributed by atoms with van der Waals surface area (Å²) in [5.41, 5.74) is 0.825. The van der Waals surface area contributed by atoms with Crippen LogP contribution in [0.4, 0.5) is 5.69 Å². The van der Waals surface area contributed by atoms with Gasteiger partial charge in [-0.3, -0.25) is 9.59 Å². The summed E-state index contributed by atoms with van der Waals surface area (Å²) in [6.07, 6.45) is 3.81. The molecule has 1 saturated heterocycles. The van der Waals surface area contributed by atoms with Gasteiger partial charge in [0.1, 0.15) is 0 Å². The van der Waals surface area contributed by atoms with Crippen molar-refractivity contribution in [2.75, 3.05) is 18.4 Å². The van der Waals surface area contributed by atoms with E-state index in [1.807, 2.05) is 35.2 Å². The summed E-state index contributed by atoms with van der Waals surface area (Å²) in [6.45, 7) is 3.46. The fourth-order valence-electron chi connectivity index (χ4n) is 3.52.